The van der Waals surface area contributed by atoms with E-state index in [9.17, 15) is 30.0 Å². The van der Waals surface area contributed by atoms with Crippen LogP contribution in [0.2, 0.25) is 0 Å². The minimum atomic E-state index is -1.04. The smallest absolute Gasteiger partial charge is 0.312 e. The van der Waals surface area contributed by atoms with E-state index in [0.29, 0.717) is 30.4 Å². The standard InChI is InChI=1S/C30H48O4.C17H16O4/c1-25(2)14-15-30(24(33)34)19(16-25)18-8-9-21-27(5)12-11-22(31)26(3,4)20(27)10-13-28(21,6)29(18,7)17-23(30)32;1-20-13-10-15(19)17(16(11-13)21-2)14(18)9-8-12-6-4-3-5-7-12/h8,19-23,31-32H,9-17H2,1-7H3,(H,33,34);3-11,19H,1-2H3. The van der Waals surface area contributed by atoms with E-state index in [0.717, 1.165) is 50.5 Å². The molecule has 0 aliphatic heterocycles. The zero-order valence-electron chi connectivity index (χ0n) is 34.4. The van der Waals surface area contributed by atoms with Gasteiger partial charge in [0.25, 0.3) is 0 Å². The number of phenolic OH excluding ortho intramolecular Hbond substituents is 1. The summed E-state index contributed by atoms with van der Waals surface area (Å²) in [4.78, 5) is 25.1. The number of carbonyl (C=O) groups is 2. The van der Waals surface area contributed by atoms with Gasteiger partial charge in [-0.15, -0.1) is 0 Å². The number of carboxylic acid groups (broad SMARTS) is 1. The number of aromatic hydroxyl groups is 1. The molecule has 4 saturated carbocycles. The van der Waals surface area contributed by atoms with Crippen molar-refractivity contribution in [1.82, 2.24) is 0 Å². The highest BCUT2D eigenvalue weighted by molar-refractivity contribution is 6.10. The molecule has 0 aromatic heterocycles. The van der Waals surface area contributed by atoms with Crippen molar-refractivity contribution in [2.45, 2.75) is 118 Å². The van der Waals surface area contributed by atoms with Crippen molar-refractivity contribution >= 4 is 17.8 Å². The number of aliphatic hydroxyl groups is 2. The molecule has 4 N–H and O–H groups in total. The Morgan fingerprint density at radius 1 is 0.818 bits per heavy atom. The molecule has 8 heteroatoms. The Labute approximate surface area is 328 Å². The van der Waals surface area contributed by atoms with E-state index < -0.39 is 17.5 Å². The number of fused-ring (bicyclic) bond motifs is 7. The Bertz CT molecular complexity index is 1840. The number of allylic oxidation sites excluding steroid dienone is 3. The van der Waals surface area contributed by atoms with Gasteiger partial charge in [-0.25, -0.2) is 0 Å². The SMILES string of the molecule is CC1(C)CCC2(C(=O)O)C(O)CC3(C)C(=CCC4C5(C)CCC(O)C(C)(C)C5CCC43C)C2C1.COc1cc(O)c(C(=O)C=Cc2ccccc2)c(OC)c1. The minimum absolute atomic E-state index is 0.0218. The van der Waals surface area contributed by atoms with Gasteiger partial charge in [0, 0.05) is 12.1 Å². The second-order valence-electron chi connectivity index (χ2n) is 19.5. The number of benzene rings is 2. The van der Waals surface area contributed by atoms with E-state index in [1.54, 1.807) is 12.1 Å². The number of carbonyl (C=O) groups excluding carboxylic acids is 1. The molecule has 9 unspecified atom stereocenters. The average molecular weight is 757 g/mol. The molecule has 0 heterocycles. The summed E-state index contributed by atoms with van der Waals surface area (Å²) >= 11 is 0. The van der Waals surface area contributed by atoms with Gasteiger partial charge in [0.1, 0.15) is 28.2 Å². The van der Waals surface area contributed by atoms with E-state index in [-0.39, 0.29) is 61.9 Å². The third kappa shape index (κ3) is 6.53. The fourth-order valence-electron chi connectivity index (χ4n) is 12.6. The fraction of sp³-hybridized carbons (Fsp3) is 0.617. The molecule has 4 fully saturated rings. The van der Waals surface area contributed by atoms with Crippen molar-refractivity contribution in [3.05, 3.63) is 71.3 Å². The van der Waals surface area contributed by atoms with Gasteiger partial charge in [-0.05, 0) is 114 Å². The van der Waals surface area contributed by atoms with Crippen LogP contribution in [0.3, 0.4) is 0 Å². The van der Waals surface area contributed by atoms with Crippen LogP contribution >= 0.6 is 0 Å². The molecule has 5 aliphatic carbocycles. The molecule has 0 radical (unpaired) electrons. The van der Waals surface area contributed by atoms with Crippen molar-refractivity contribution in [1.29, 1.82) is 0 Å². The Morgan fingerprint density at radius 2 is 1.51 bits per heavy atom. The highest BCUT2D eigenvalue weighted by Crippen LogP contribution is 2.75. The van der Waals surface area contributed by atoms with Crippen LogP contribution in [0.25, 0.3) is 6.08 Å². The van der Waals surface area contributed by atoms with Crippen LogP contribution in [-0.2, 0) is 4.79 Å². The summed E-state index contributed by atoms with van der Waals surface area (Å²) in [6, 6.07) is 12.4. The van der Waals surface area contributed by atoms with Gasteiger partial charge in [0.05, 0.1) is 26.4 Å². The monoisotopic (exact) mass is 756 g/mol. The molecular formula is C47H64O8. The Morgan fingerprint density at radius 3 is 2.15 bits per heavy atom. The number of ether oxygens (including phenoxy) is 2. The molecular weight excluding hydrogens is 693 g/mol. The number of methoxy groups -OCH3 is 2. The van der Waals surface area contributed by atoms with Crippen LogP contribution in [0.5, 0.6) is 17.2 Å². The molecule has 55 heavy (non-hydrogen) atoms. The molecule has 2 aromatic rings. The van der Waals surface area contributed by atoms with Crippen molar-refractivity contribution in [3.63, 3.8) is 0 Å². The van der Waals surface area contributed by atoms with Gasteiger partial charge in [-0.1, -0.05) is 96.5 Å². The Balaban J connectivity index is 0.000000211. The number of carboxylic acids is 1. The lowest BCUT2D eigenvalue weighted by Gasteiger charge is -2.71. The first-order chi connectivity index (χ1) is 25.7. The maximum absolute atomic E-state index is 12.8. The molecule has 0 spiro atoms. The average Bonchev–Trinajstić information content (AvgIpc) is 3.12. The quantitative estimate of drug-likeness (QED) is 0.130. The first-order valence-corrected chi connectivity index (χ1v) is 20.2. The summed E-state index contributed by atoms with van der Waals surface area (Å²) in [5.41, 5.74) is 1.31. The molecule has 0 amide bonds. The van der Waals surface area contributed by atoms with Crippen LogP contribution in [0, 0.1) is 50.2 Å². The summed E-state index contributed by atoms with van der Waals surface area (Å²) in [7, 11) is 2.91. The van der Waals surface area contributed by atoms with Crippen molar-refractivity contribution < 1.29 is 39.5 Å². The van der Waals surface area contributed by atoms with E-state index in [1.807, 2.05) is 30.3 Å². The maximum Gasteiger partial charge on any atom is 0.312 e. The van der Waals surface area contributed by atoms with Crippen LogP contribution in [0.4, 0.5) is 0 Å². The number of aliphatic carboxylic acids is 1. The zero-order chi connectivity index (χ0) is 40.4. The molecule has 5 aliphatic rings. The van der Waals surface area contributed by atoms with E-state index >= 15 is 0 Å². The number of ketones is 1. The first kappa shape index (κ1) is 41.0. The van der Waals surface area contributed by atoms with Crippen molar-refractivity contribution in [3.8, 4) is 17.2 Å². The predicted molar refractivity (Wildman–Crippen MR) is 215 cm³/mol. The van der Waals surface area contributed by atoms with Crippen molar-refractivity contribution in [2.24, 2.45) is 50.2 Å². The van der Waals surface area contributed by atoms with Gasteiger partial charge in [0.15, 0.2) is 5.78 Å². The fourth-order valence-corrected chi connectivity index (χ4v) is 12.6. The van der Waals surface area contributed by atoms with Gasteiger partial charge in [0.2, 0.25) is 0 Å². The topological polar surface area (TPSA) is 134 Å². The van der Waals surface area contributed by atoms with Gasteiger partial charge < -0.3 is 29.9 Å². The molecule has 0 bridgehead atoms. The van der Waals surface area contributed by atoms with Gasteiger partial charge in [-0.3, -0.25) is 9.59 Å². The Kier molecular flexibility index (Phi) is 10.7. The number of rotatable bonds is 6. The van der Waals surface area contributed by atoms with Gasteiger partial charge >= 0.3 is 5.97 Å². The summed E-state index contributed by atoms with van der Waals surface area (Å²) in [5.74, 6) is 0.276. The molecule has 2 aromatic carbocycles. The highest BCUT2D eigenvalue weighted by atomic mass is 16.5. The number of hydrogen-bond acceptors (Lipinski definition) is 7. The lowest BCUT2D eigenvalue weighted by Crippen LogP contribution is -2.67. The normalized spacial score (nSPS) is 37.1. The minimum Gasteiger partial charge on any atom is -0.507 e. The zero-order valence-corrected chi connectivity index (χ0v) is 34.4. The highest BCUT2D eigenvalue weighted by Gasteiger charge is 2.71. The van der Waals surface area contributed by atoms with Crippen LogP contribution in [0.15, 0.2) is 60.2 Å². The Hall–Kier alpha value is -3.62. The summed E-state index contributed by atoms with van der Waals surface area (Å²) < 4.78 is 10.2. The van der Waals surface area contributed by atoms with Gasteiger partial charge in [-0.2, -0.15) is 0 Å². The summed E-state index contributed by atoms with van der Waals surface area (Å²) in [6.07, 6.45) is 12.4. The van der Waals surface area contributed by atoms with Crippen LogP contribution < -0.4 is 9.47 Å². The largest absolute Gasteiger partial charge is 0.507 e. The second-order valence-corrected chi connectivity index (χ2v) is 19.5. The third-order valence-corrected chi connectivity index (χ3v) is 16.0. The van der Waals surface area contributed by atoms with Crippen LogP contribution in [-0.4, -0.2) is 58.6 Å². The molecule has 0 saturated heterocycles. The summed E-state index contributed by atoms with van der Waals surface area (Å²) in [6.45, 7) is 16.4. The maximum atomic E-state index is 12.8. The molecule has 8 nitrogen and oxygen atoms in total. The number of aliphatic hydroxyl groups excluding tert-OH is 2. The second kappa shape index (κ2) is 14.4. The lowest BCUT2D eigenvalue weighted by atomic mass is 9.33. The first-order valence-electron chi connectivity index (χ1n) is 20.2. The van der Waals surface area contributed by atoms with Crippen molar-refractivity contribution in [2.75, 3.05) is 14.2 Å². The van der Waals surface area contributed by atoms with Crippen LogP contribution in [0.1, 0.15) is 122 Å². The van der Waals surface area contributed by atoms with E-state index in [4.69, 9.17) is 9.47 Å². The number of phenols is 1. The van der Waals surface area contributed by atoms with E-state index in [1.165, 1.54) is 31.9 Å². The molecule has 9 atom stereocenters. The van der Waals surface area contributed by atoms with E-state index in [2.05, 4.69) is 54.5 Å². The summed E-state index contributed by atoms with van der Waals surface area (Å²) in [5, 5.41) is 43.0. The lowest BCUT2D eigenvalue weighted by molar-refractivity contribution is -0.218. The predicted octanol–water partition coefficient (Wildman–Crippen LogP) is 9.51. The molecule has 300 valence electrons. The molecule has 7 rings (SSSR count). The number of hydrogen-bond donors (Lipinski definition) is 4. The third-order valence-electron chi connectivity index (χ3n) is 16.0.